The number of carboxylic acid groups (broad SMARTS) is 1. The van der Waals surface area contributed by atoms with Crippen molar-refractivity contribution in [3.63, 3.8) is 0 Å². The third kappa shape index (κ3) is 5.99. The first-order valence-corrected chi connectivity index (χ1v) is 3.96. The van der Waals surface area contributed by atoms with Crippen molar-refractivity contribution in [1.29, 1.82) is 0 Å². The quantitative estimate of drug-likeness (QED) is 0.626. The Hall–Kier alpha value is -1.59. The Morgan fingerprint density at radius 3 is 2.79 bits per heavy atom. The summed E-state index contributed by atoms with van der Waals surface area (Å²) in [6, 6.07) is 0. The van der Waals surface area contributed by atoms with Crippen LogP contribution in [0.3, 0.4) is 0 Å². The number of alkyl halides is 1. The second-order valence-corrected chi connectivity index (χ2v) is 2.41. The highest BCUT2D eigenvalue weighted by atomic mass is 19.1. The first-order chi connectivity index (χ1) is 6.57. The van der Waals surface area contributed by atoms with E-state index in [2.05, 4.69) is 16.6 Å². The summed E-state index contributed by atoms with van der Waals surface area (Å²) in [6.45, 7) is 3.30. The fourth-order valence-corrected chi connectivity index (χ4v) is 0.610. The zero-order chi connectivity index (χ0) is 11.0. The maximum absolute atomic E-state index is 12.4. The lowest BCUT2D eigenvalue weighted by molar-refractivity contribution is -0.142. The van der Waals surface area contributed by atoms with Crippen molar-refractivity contribution in [3.8, 4) is 0 Å². The smallest absolute Gasteiger partial charge is 0.407 e. The van der Waals surface area contributed by atoms with Crippen molar-refractivity contribution in [2.75, 3.05) is 13.2 Å². The second-order valence-electron chi connectivity index (χ2n) is 2.41. The Morgan fingerprint density at radius 2 is 2.29 bits per heavy atom. The molecule has 0 saturated carbocycles. The zero-order valence-electron chi connectivity index (χ0n) is 7.53. The summed E-state index contributed by atoms with van der Waals surface area (Å²) in [4.78, 5) is 20.7. The van der Waals surface area contributed by atoms with Gasteiger partial charge in [0.25, 0.3) is 0 Å². The molecule has 0 aliphatic heterocycles. The van der Waals surface area contributed by atoms with Gasteiger partial charge in [0.15, 0.2) is 6.17 Å². The molecule has 0 saturated heterocycles. The molecule has 1 amide bonds. The molecular weight excluding hydrogens is 193 g/mol. The molecule has 0 aromatic rings. The number of aliphatic carboxylic acids is 1. The van der Waals surface area contributed by atoms with E-state index < -0.39 is 18.2 Å². The third-order valence-electron chi connectivity index (χ3n) is 1.27. The molecule has 0 spiro atoms. The zero-order valence-corrected chi connectivity index (χ0v) is 7.53. The molecule has 6 heteroatoms. The van der Waals surface area contributed by atoms with E-state index in [0.29, 0.717) is 0 Å². The molecular formula is C8H12FNO4. The number of nitrogens with one attached hydrogen (secondary N) is 1. The molecule has 1 atom stereocenters. The number of hydrogen-bond acceptors (Lipinski definition) is 3. The average molecular weight is 205 g/mol. The van der Waals surface area contributed by atoms with Gasteiger partial charge in [0.1, 0.15) is 6.61 Å². The molecule has 14 heavy (non-hydrogen) atoms. The van der Waals surface area contributed by atoms with E-state index in [0.717, 1.165) is 0 Å². The van der Waals surface area contributed by atoms with E-state index in [9.17, 15) is 14.0 Å². The Kier molecular flexibility index (Phi) is 6.09. The highest BCUT2D eigenvalue weighted by molar-refractivity contribution is 5.72. The van der Waals surface area contributed by atoms with Gasteiger partial charge in [-0.15, -0.1) is 0 Å². The highest BCUT2D eigenvalue weighted by Crippen LogP contribution is 1.95. The van der Waals surface area contributed by atoms with Gasteiger partial charge in [-0.2, -0.15) is 0 Å². The van der Waals surface area contributed by atoms with Crippen LogP contribution in [0.25, 0.3) is 0 Å². The summed E-state index contributed by atoms with van der Waals surface area (Å²) in [7, 11) is 0. The minimum atomic E-state index is -1.96. The SMILES string of the molecule is C=CCOC(=O)NCCC(F)C(=O)O. The van der Waals surface area contributed by atoms with E-state index in [1.54, 1.807) is 0 Å². The van der Waals surface area contributed by atoms with Gasteiger partial charge in [0.05, 0.1) is 0 Å². The van der Waals surface area contributed by atoms with Crippen molar-refractivity contribution in [1.82, 2.24) is 5.32 Å². The fourth-order valence-electron chi connectivity index (χ4n) is 0.610. The number of halogens is 1. The number of amides is 1. The summed E-state index contributed by atoms with van der Waals surface area (Å²) in [5.74, 6) is -1.54. The molecule has 0 heterocycles. The molecule has 0 bridgehead atoms. The molecule has 0 aliphatic carbocycles. The first-order valence-electron chi connectivity index (χ1n) is 3.96. The van der Waals surface area contributed by atoms with Crippen LogP contribution in [0.1, 0.15) is 6.42 Å². The van der Waals surface area contributed by atoms with Gasteiger partial charge >= 0.3 is 12.1 Å². The fraction of sp³-hybridized carbons (Fsp3) is 0.500. The van der Waals surface area contributed by atoms with E-state index >= 15 is 0 Å². The Balaban J connectivity index is 3.48. The number of carboxylic acids is 1. The number of carbonyl (C=O) groups excluding carboxylic acids is 1. The van der Waals surface area contributed by atoms with Crippen molar-refractivity contribution in [2.24, 2.45) is 0 Å². The summed E-state index contributed by atoms with van der Waals surface area (Å²) >= 11 is 0. The van der Waals surface area contributed by atoms with Gasteiger partial charge < -0.3 is 15.2 Å². The highest BCUT2D eigenvalue weighted by Gasteiger charge is 2.15. The maximum atomic E-state index is 12.4. The topological polar surface area (TPSA) is 75.6 Å². The first kappa shape index (κ1) is 12.4. The molecule has 0 fully saturated rings. The van der Waals surface area contributed by atoms with Crippen LogP contribution in [-0.4, -0.2) is 36.5 Å². The van der Waals surface area contributed by atoms with E-state index in [1.807, 2.05) is 0 Å². The van der Waals surface area contributed by atoms with Gasteiger partial charge in [0, 0.05) is 13.0 Å². The average Bonchev–Trinajstić information content (AvgIpc) is 2.14. The van der Waals surface area contributed by atoms with E-state index in [-0.39, 0.29) is 19.6 Å². The van der Waals surface area contributed by atoms with Crippen LogP contribution in [0.5, 0.6) is 0 Å². The monoisotopic (exact) mass is 205 g/mol. The molecule has 1 unspecified atom stereocenters. The lowest BCUT2D eigenvalue weighted by Crippen LogP contribution is -2.28. The van der Waals surface area contributed by atoms with Crippen molar-refractivity contribution >= 4 is 12.1 Å². The van der Waals surface area contributed by atoms with Crippen LogP contribution in [0, 0.1) is 0 Å². The number of ether oxygens (including phenoxy) is 1. The number of rotatable bonds is 6. The lowest BCUT2D eigenvalue weighted by atomic mass is 10.3. The molecule has 0 radical (unpaired) electrons. The minimum absolute atomic E-state index is 0.0593. The van der Waals surface area contributed by atoms with Crippen LogP contribution in [0.2, 0.25) is 0 Å². The number of carbonyl (C=O) groups is 2. The molecule has 5 nitrogen and oxygen atoms in total. The van der Waals surface area contributed by atoms with E-state index in [1.165, 1.54) is 6.08 Å². The van der Waals surface area contributed by atoms with Gasteiger partial charge in [0.2, 0.25) is 0 Å². The van der Waals surface area contributed by atoms with Gasteiger partial charge in [-0.1, -0.05) is 12.7 Å². The normalized spacial score (nSPS) is 11.5. The van der Waals surface area contributed by atoms with Crippen LogP contribution in [0.4, 0.5) is 9.18 Å². The summed E-state index contributed by atoms with van der Waals surface area (Å²) < 4.78 is 16.9. The summed E-state index contributed by atoms with van der Waals surface area (Å²) in [5, 5.41) is 10.3. The predicted octanol–water partition coefficient (Wildman–Crippen LogP) is 0.711. The van der Waals surface area contributed by atoms with Crippen LogP contribution in [0.15, 0.2) is 12.7 Å². The Morgan fingerprint density at radius 1 is 1.64 bits per heavy atom. The van der Waals surface area contributed by atoms with Gasteiger partial charge in [-0.25, -0.2) is 14.0 Å². The standard InChI is InChI=1S/C8H12FNO4/c1-2-5-14-8(13)10-4-3-6(9)7(11)12/h2,6H,1,3-5H2,(H,10,13)(H,11,12). The summed E-state index contributed by atoms with van der Waals surface area (Å²) in [6.07, 6.45) is -1.58. The number of hydrogen-bond donors (Lipinski definition) is 2. The van der Waals surface area contributed by atoms with Crippen LogP contribution >= 0.6 is 0 Å². The largest absolute Gasteiger partial charge is 0.479 e. The lowest BCUT2D eigenvalue weighted by Gasteiger charge is -2.05. The number of alkyl carbamates (subject to hydrolysis) is 1. The molecule has 2 N–H and O–H groups in total. The van der Waals surface area contributed by atoms with Crippen molar-refractivity contribution in [2.45, 2.75) is 12.6 Å². The molecule has 0 rings (SSSR count). The predicted molar refractivity (Wildman–Crippen MR) is 46.7 cm³/mol. The maximum Gasteiger partial charge on any atom is 0.407 e. The molecule has 0 aliphatic rings. The second kappa shape index (κ2) is 6.88. The Bertz CT molecular complexity index is 219. The van der Waals surface area contributed by atoms with Crippen LogP contribution in [-0.2, 0) is 9.53 Å². The van der Waals surface area contributed by atoms with Gasteiger partial charge in [-0.3, -0.25) is 0 Å². The minimum Gasteiger partial charge on any atom is -0.479 e. The van der Waals surface area contributed by atoms with Crippen LogP contribution < -0.4 is 5.32 Å². The van der Waals surface area contributed by atoms with Gasteiger partial charge in [-0.05, 0) is 0 Å². The molecule has 80 valence electrons. The van der Waals surface area contributed by atoms with Crippen molar-refractivity contribution in [3.05, 3.63) is 12.7 Å². The Labute approximate surface area is 80.6 Å². The molecule has 0 aromatic heterocycles. The van der Waals surface area contributed by atoms with E-state index in [4.69, 9.17) is 5.11 Å². The summed E-state index contributed by atoms with van der Waals surface area (Å²) in [5.41, 5.74) is 0. The molecule has 0 aromatic carbocycles. The third-order valence-corrected chi connectivity index (χ3v) is 1.27. The van der Waals surface area contributed by atoms with Crippen molar-refractivity contribution < 1.29 is 23.8 Å².